The SMILES string of the molecule is Cc1cc(C(=O)NC2(C)CCNCC2)n(C)n1.Cl. The average molecular weight is 273 g/mol. The molecular weight excluding hydrogens is 252 g/mol. The van der Waals surface area contributed by atoms with Gasteiger partial charge in [-0.2, -0.15) is 5.10 Å². The van der Waals surface area contributed by atoms with Gasteiger partial charge in [0.15, 0.2) is 0 Å². The van der Waals surface area contributed by atoms with E-state index >= 15 is 0 Å². The second-order valence-electron chi connectivity index (χ2n) is 5.06. The van der Waals surface area contributed by atoms with Crippen LogP contribution in [0.2, 0.25) is 0 Å². The van der Waals surface area contributed by atoms with Crippen LogP contribution < -0.4 is 10.6 Å². The molecule has 1 aromatic rings. The van der Waals surface area contributed by atoms with E-state index in [4.69, 9.17) is 0 Å². The van der Waals surface area contributed by atoms with Crippen molar-refractivity contribution in [2.24, 2.45) is 7.05 Å². The summed E-state index contributed by atoms with van der Waals surface area (Å²) in [5.74, 6) is -0.0301. The normalized spacial score (nSPS) is 17.9. The number of hydrogen-bond donors (Lipinski definition) is 2. The molecular formula is C12H21ClN4O. The third-order valence-corrected chi connectivity index (χ3v) is 3.36. The van der Waals surface area contributed by atoms with Crippen LogP contribution in [0.1, 0.15) is 35.9 Å². The number of carbonyl (C=O) groups excluding carboxylic acids is 1. The van der Waals surface area contributed by atoms with E-state index in [2.05, 4.69) is 22.7 Å². The number of aryl methyl sites for hydroxylation is 2. The topological polar surface area (TPSA) is 59.0 Å². The van der Waals surface area contributed by atoms with E-state index in [9.17, 15) is 4.79 Å². The summed E-state index contributed by atoms with van der Waals surface area (Å²) in [5.41, 5.74) is 1.40. The zero-order chi connectivity index (χ0) is 12.5. The van der Waals surface area contributed by atoms with Gasteiger partial charge in [0.2, 0.25) is 0 Å². The van der Waals surface area contributed by atoms with E-state index in [1.54, 1.807) is 11.7 Å². The fraction of sp³-hybridized carbons (Fsp3) is 0.667. The fourth-order valence-corrected chi connectivity index (χ4v) is 2.26. The minimum absolute atomic E-state index is 0. The van der Waals surface area contributed by atoms with Gasteiger partial charge in [-0.05, 0) is 45.8 Å². The molecule has 2 heterocycles. The molecule has 0 spiro atoms. The zero-order valence-corrected chi connectivity index (χ0v) is 11.9. The van der Waals surface area contributed by atoms with Crippen molar-refractivity contribution in [1.29, 1.82) is 0 Å². The van der Waals surface area contributed by atoms with Gasteiger partial charge >= 0.3 is 0 Å². The van der Waals surface area contributed by atoms with E-state index in [-0.39, 0.29) is 23.9 Å². The number of aromatic nitrogens is 2. The summed E-state index contributed by atoms with van der Waals surface area (Å²) in [5, 5.41) is 10.6. The van der Waals surface area contributed by atoms with E-state index in [1.807, 2.05) is 13.0 Å². The molecule has 2 rings (SSSR count). The van der Waals surface area contributed by atoms with Crippen LogP contribution in [-0.4, -0.2) is 34.3 Å². The Morgan fingerprint density at radius 3 is 2.61 bits per heavy atom. The molecule has 102 valence electrons. The van der Waals surface area contributed by atoms with Crippen molar-refractivity contribution in [3.63, 3.8) is 0 Å². The minimum Gasteiger partial charge on any atom is -0.345 e. The Morgan fingerprint density at radius 1 is 1.50 bits per heavy atom. The molecule has 1 saturated heterocycles. The van der Waals surface area contributed by atoms with E-state index in [1.165, 1.54) is 0 Å². The molecule has 0 aliphatic carbocycles. The van der Waals surface area contributed by atoms with Crippen molar-refractivity contribution in [2.45, 2.75) is 32.2 Å². The number of nitrogens with one attached hydrogen (secondary N) is 2. The second-order valence-corrected chi connectivity index (χ2v) is 5.06. The number of hydrogen-bond acceptors (Lipinski definition) is 3. The molecule has 1 aromatic heterocycles. The Balaban J connectivity index is 0.00000162. The molecule has 0 atom stereocenters. The number of nitrogens with zero attached hydrogens (tertiary/aromatic N) is 2. The maximum Gasteiger partial charge on any atom is 0.269 e. The predicted molar refractivity (Wildman–Crippen MR) is 73.2 cm³/mol. The molecule has 0 radical (unpaired) electrons. The number of halogens is 1. The van der Waals surface area contributed by atoms with Gasteiger partial charge in [-0.25, -0.2) is 0 Å². The van der Waals surface area contributed by atoms with Gasteiger partial charge in [0, 0.05) is 12.6 Å². The first-order valence-electron chi connectivity index (χ1n) is 6.04. The first kappa shape index (κ1) is 15.0. The monoisotopic (exact) mass is 272 g/mol. The maximum atomic E-state index is 12.2. The number of rotatable bonds is 2. The molecule has 1 aliphatic heterocycles. The van der Waals surface area contributed by atoms with E-state index < -0.39 is 0 Å². The molecule has 6 heteroatoms. The molecule has 5 nitrogen and oxygen atoms in total. The lowest BCUT2D eigenvalue weighted by atomic mass is 9.90. The average Bonchev–Trinajstić information content (AvgIpc) is 2.58. The van der Waals surface area contributed by atoms with Crippen molar-refractivity contribution in [3.8, 4) is 0 Å². The highest BCUT2D eigenvalue weighted by molar-refractivity contribution is 5.93. The second kappa shape index (κ2) is 5.71. The fourth-order valence-electron chi connectivity index (χ4n) is 2.26. The van der Waals surface area contributed by atoms with Crippen LogP contribution in [0.5, 0.6) is 0 Å². The molecule has 2 N–H and O–H groups in total. The molecule has 0 unspecified atom stereocenters. The number of piperidine rings is 1. The van der Waals surface area contributed by atoms with Crippen molar-refractivity contribution in [2.75, 3.05) is 13.1 Å². The van der Waals surface area contributed by atoms with E-state index in [0.717, 1.165) is 31.6 Å². The highest BCUT2D eigenvalue weighted by Crippen LogP contribution is 2.18. The number of carbonyl (C=O) groups is 1. The molecule has 1 fully saturated rings. The first-order valence-corrected chi connectivity index (χ1v) is 6.04. The Labute approximate surface area is 114 Å². The van der Waals surface area contributed by atoms with Crippen LogP contribution in [0.15, 0.2) is 6.07 Å². The van der Waals surface area contributed by atoms with Gasteiger partial charge in [-0.3, -0.25) is 9.48 Å². The zero-order valence-electron chi connectivity index (χ0n) is 11.1. The van der Waals surface area contributed by atoms with Crippen LogP contribution in [0.3, 0.4) is 0 Å². The molecule has 1 amide bonds. The Bertz CT molecular complexity index is 424. The Morgan fingerprint density at radius 2 is 2.11 bits per heavy atom. The van der Waals surface area contributed by atoms with Crippen molar-refractivity contribution in [1.82, 2.24) is 20.4 Å². The van der Waals surface area contributed by atoms with Crippen LogP contribution in [0, 0.1) is 6.92 Å². The summed E-state index contributed by atoms with van der Waals surface area (Å²) in [6, 6.07) is 1.82. The van der Waals surface area contributed by atoms with E-state index in [0.29, 0.717) is 5.69 Å². The summed E-state index contributed by atoms with van der Waals surface area (Å²) < 4.78 is 1.63. The van der Waals surface area contributed by atoms with Crippen molar-refractivity contribution < 1.29 is 4.79 Å². The quantitative estimate of drug-likeness (QED) is 0.845. The van der Waals surface area contributed by atoms with Gasteiger partial charge in [0.1, 0.15) is 5.69 Å². The lowest BCUT2D eigenvalue weighted by molar-refractivity contribution is 0.0878. The van der Waals surface area contributed by atoms with Crippen LogP contribution in [0.4, 0.5) is 0 Å². The number of amides is 1. The summed E-state index contributed by atoms with van der Waals surface area (Å²) in [6.45, 7) is 5.92. The molecule has 0 aromatic carbocycles. The molecule has 1 aliphatic rings. The summed E-state index contributed by atoms with van der Waals surface area (Å²) in [4.78, 5) is 12.2. The van der Waals surface area contributed by atoms with Crippen molar-refractivity contribution in [3.05, 3.63) is 17.5 Å². The largest absolute Gasteiger partial charge is 0.345 e. The lowest BCUT2D eigenvalue weighted by Gasteiger charge is -2.34. The van der Waals surface area contributed by atoms with Crippen LogP contribution >= 0.6 is 12.4 Å². The minimum atomic E-state index is -0.0967. The summed E-state index contributed by atoms with van der Waals surface area (Å²) in [6.07, 6.45) is 1.94. The summed E-state index contributed by atoms with van der Waals surface area (Å²) in [7, 11) is 1.80. The van der Waals surface area contributed by atoms with Gasteiger partial charge in [-0.15, -0.1) is 12.4 Å². The Hall–Kier alpha value is -1.07. The van der Waals surface area contributed by atoms with Gasteiger partial charge < -0.3 is 10.6 Å². The molecule has 0 saturated carbocycles. The third kappa shape index (κ3) is 3.23. The van der Waals surface area contributed by atoms with Crippen LogP contribution in [0.25, 0.3) is 0 Å². The smallest absolute Gasteiger partial charge is 0.269 e. The van der Waals surface area contributed by atoms with Gasteiger partial charge in [0.25, 0.3) is 5.91 Å². The van der Waals surface area contributed by atoms with Crippen molar-refractivity contribution >= 4 is 18.3 Å². The predicted octanol–water partition coefficient (Wildman–Crippen LogP) is 1.02. The standard InChI is InChI=1S/C12H20N4O.ClH/c1-9-8-10(16(3)15-9)11(17)14-12(2)4-6-13-7-5-12;/h8,13H,4-7H2,1-3H3,(H,14,17);1H. The Kier molecular flexibility index (Phi) is 4.76. The van der Waals surface area contributed by atoms with Gasteiger partial charge in [-0.1, -0.05) is 0 Å². The van der Waals surface area contributed by atoms with Crippen LogP contribution in [-0.2, 0) is 7.05 Å². The molecule has 0 bridgehead atoms. The maximum absolute atomic E-state index is 12.2. The highest BCUT2D eigenvalue weighted by Gasteiger charge is 2.29. The molecule has 18 heavy (non-hydrogen) atoms. The highest BCUT2D eigenvalue weighted by atomic mass is 35.5. The van der Waals surface area contributed by atoms with Gasteiger partial charge in [0.05, 0.1) is 5.69 Å². The lowest BCUT2D eigenvalue weighted by Crippen LogP contribution is -2.52. The summed E-state index contributed by atoms with van der Waals surface area (Å²) >= 11 is 0. The third-order valence-electron chi connectivity index (χ3n) is 3.36. The first-order chi connectivity index (χ1) is 8.00.